The normalized spacial score (nSPS) is 14.2. The van der Waals surface area contributed by atoms with Crippen molar-refractivity contribution in [1.82, 2.24) is 9.97 Å². The number of pyridine rings is 2. The summed E-state index contributed by atoms with van der Waals surface area (Å²) < 4.78 is 0. The topological polar surface area (TPSA) is 51.8 Å². The molecule has 0 radical (unpaired) electrons. The maximum atomic E-state index is 6.25. The maximum Gasteiger partial charge on any atom is 0.0701 e. The molecule has 0 amide bonds. The lowest BCUT2D eigenvalue weighted by molar-refractivity contribution is 0.573. The molecule has 0 fully saturated rings. The zero-order valence-corrected chi connectivity index (χ0v) is 21.9. The Labute approximate surface area is 229 Å². The molecule has 7 aromatic rings. The van der Waals surface area contributed by atoms with Crippen LogP contribution in [0.4, 0.5) is 0 Å². The molecular formula is C36H31N3. The van der Waals surface area contributed by atoms with E-state index in [1.165, 1.54) is 56.3 Å². The minimum atomic E-state index is 0.222. The highest BCUT2D eigenvalue weighted by Crippen LogP contribution is 2.36. The zero-order chi connectivity index (χ0) is 26.4. The molecule has 3 heteroatoms. The summed E-state index contributed by atoms with van der Waals surface area (Å²) in [6, 6.07) is 42.0. The number of rotatable bonds is 0. The number of aryl methyl sites for hydroxylation is 1. The molecule has 190 valence electrons. The van der Waals surface area contributed by atoms with Crippen LogP contribution in [0.5, 0.6) is 0 Å². The summed E-state index contributed by atoms with van der Waals surface area (Å²) in [5, 5.41) is 7.82. The van der Waals surface area contributed by atoms with Crippen LogP contribution in [-0.2, 0) is 6.42 Å². The maximum absolute atomic E-state index is 6.25. The van der Waals surface area contributed by atoms with Gasteiger partial charge in [-0.15, -0.1) is 0 Å². The van der Waals surface area contributed by atoms with Crippen LogP contribution in [0.15, 0.2) is 134 Å². The third kappa shape index (κ3) is 5.36. The van der Waals surface area contributed by atoms with Crippen molar-refractivity contribution in [2.45, 2.75) is 25.3 Å². The minimum Gasteiger partial charge on any atom is -0.324 e. The first-order chi connectivity index (χ1) is 19.3. The monoisotopic (exact) mass is 505 g/mol. The molecule has 0 aliphatic heterocycles. The van der Waals surface area contributed by atoms with Gasteiger partial charge in [-0.3, -0.25) is 9.97 Å². The van der Waals surface area contributed by atoms with Crippen LogP contribution >= 0.6 is 0 Å². The first-order valence-electron chi connectivity index (χ1n) is 13.6. The summed E-state index contributed by atoms with van der Waals surface area (Å²) in [5.41, 5.74) is 11.2. The molecule has 0 saturated carbocycles. The van der Waals surface area contributed by atoms with E-state index in [1.807, 2.05) is 60.9 Å². The van der Waals surface area contributed by atoms with Gasteiger partial charge < -0.3 is 5.73 Å². The van der Waals surface area contributed by atoms with Crippen molar-refractivity contribution in [2.24, 2.45) is 5.73 Å². The second-order valence-electron chi connectivity index (χ2n) is 9.91. The van der Waals surface area contributed by atoms with Crippen LogP contribution in [0, 0.1) is 0 Å². The van der Waals surface area contributed by atoms with Crippen molar-refractivity contribution >= 4 is 43.4 Å². The molecule has 2 heterocycles. The van der Waals surface area contributed by atoms with E-state index >= 15 is 0 Å². The minimum absolute atomic E-state index is 0.222. The number of hydrogen-bond donors (Lipinski definition) is 1. The SMILES string of the molecule is NC1CCCc2c1ccc1c2ccc2ccccc21.c1ccc2ncccc2c1.c1ccc2ncccc2c1. The lowest BCUT2D eigenvalue weighted by atomic mass is 9.84. The van der Waals surface area contributed by atoms with Crippen molar-refractivity contribution in [2.75, 3.05) is 0 Å². The molecule has 2 N–H and O–H groups in total. The van der Waals surface area contributed by atoms with E-state index in [0.717, 1.165) is 17.5 Å². The Morgan fingerprint density at radius 2 is 1.08 bits per heavy atom. The molecule has 0 spiro atoms. The van der Waals surface area contributed by atoms with Gasteiger partial charge in [-0.05, 0) is 76.2 Å². The fourth-order valence-corrected chi connectivity index (χ4v) is 5.48. The Bertz CT molecular complexity index is 1670. The second-order valence-corrected chi connectivity index (χ2v) is 9.91. The fourth-order valence-electron chi connectivity index (χ4n) is 5.48. The van der Waals surface area contributed by atoms with Gasteiger partial charge in [0.25, 0.3) is 0 Å². The molecule has 39 heavy (non-hydrogen) atoms. The first kappa shape index (κ1) is 24.7. The molecule has 1 unspecified atom stereocenters. The number of para-hydroxylation sites is 2. The smallest absolute Gasteiger partial charge is 0.0701 e. The molecule has 1 atom stereocenters. The molecule has 1 aliphatic carbocycles. The number of hydrogen-bond acceptors (Lipinski definition) is 3. The van der Waals surface area contributed by atoms with Crippen LogP contribution in [0.2, 0.25) is 0 Å². The lowest BCUT2D eigenvalue weighted by Crippen LogP contribution is -2.17. The molecule has 0 bridgehead atoms. The average Bonchev–Trinajstić information content (AvgIpc) is 3.02. The summed E-state index contributed by atoms with van der Waals surface area (Å²) >= 11 is 0. The standard InChI is InChI=1S/C18H17N.2C9H7N/c19-18-7-3-6-14-16-9-8-12-4-1-2-5-13(12)15(16)10-11-17(14)18;2*1-2-6-9-8(4-1)5-3-7-10-9/h1-2,4-5,8-11,18H,3,6-7,19H2;2*1-7H. The lowest BCUT2D eigenvalue weighted by Gasteiger charge is -2.24. The Kier molecular flexibility index (Phi) is 7.24. The second kappa shape index (κ2) is 11.4. The van der Waals surface area contributed by atoms with E-state index in [0.29, 0.717) is 0 Å². The number of benzene rings is 5. The molecule has 3 nitrogen and oxygen atoms in total. The predicted molar refractivity (Wildman–Crippen MR) is 165 cm³/mol. The highest BCUT2D eigenvalue weighted by Gasteiger charge is 2.19. The molecule has 1 aliphatic rings. The molecule has 8 rings (SSSR count). The van der Waals surface area contributed by atoms with Crippen LogP contribution in [0.25, 0.3) is 43.4 Å². The van der Waals surface area contributed by atoms with Crippen molar-refractivity contribution in [3.8, 4) is 0 Å². The summed E-state index contributed by atoms with van der Waals surface area (Å²) in [5.74, 6) is 0. The number of nitrogens with zero attached hydrogens (tertiary/aromatic N) is 2. The van der Waals surface area contributed by atoms with Gasteiger partial charge in [0.2, 0.25) is 0 Å². The Balaban J connectivity index is 0.000000117. The largest absolute Gasteiger partial charge is 0.324 e. The number of fused-ring (bicyclic) bond motifs is 7. The van der Waals surface area contributed by atoms with Gasteiger partial charge in [0.05, 0.1) is 11.0 Å². The van der Waals surface area contributed by atoms with E-state index < -0.39 is 0 Å². The van der Waals surface area contributed by atoms with E-state index in [9.17, 15) is 0 Å². The molecule has 5 aromatic carbocycles. The van der Waals surface area contributed by atoms with Crippen molar-refractivity contribution < 1.29 is 0 Å². The van der Waals surface area contributed by atoms with Gasteiger partial charge in [-0.25, -0.2) is 0 Å². The zero-order valence-electron chi connectivity index (χ0n) is 21.9. The predicted octanol–water partition coefficient (Wildman–Crippen LogP) is 8.80. The first-order valence-corrected chi connectivity index (χ1v) is 13.6. The van der Waals surface area contributed by atoms with Gasteiger partial charge >= 0.3 is 0 Å². The van der Waals surface area contributed by atoms with Crippen molar-refractivity contribution in [3.63, 3.8) is 0 Å². The van der Waals surface area contributed by atoms with Crippen LogP contribution in [0.3, 0.4) is 0 Å². The summed E-state index contributed by atoms with van der Waals surface area (Å²) in [7, 11) is 0. The van der Waals surface area contributed by atoms with Gasteiger partial charge in [-0.2, -0.15) is 0 Å². The van der Waals surface area contributed by atoms with Gasteiger partial charge in [0, 0.05) is 29.2 Å². The molecule has 2 aromatic heterocycles. The molecule has 0 saturated heterocycles. The van der Waals surface area contributed by atoms with E-state index in [2.05, 4.69) is 82.8 Å². The quantitative estimate of drug-likeness (QED) is 0.210. The Morgan fingerprint density at radius 1 is 0.513 bits per heavy atom. The van der Waals surface area contributed by atoms with E-state index in [1.54, 1.807) is 0 Å². The van der Waals surface area contributed by atoms with Crippen molar-refractivity contribution in [3.05, 3.63) is 145 Å². The summed E-state index contributed by atoms with van der Waals surface area (Å²) in [4.78, 5) is 8.36. The van der Waals surface area contributed by atoms with E-state index in [4.69, 9.17) is 5.73 Å². The molecular weight excluding hydrogens is 474 g/mol. The van der Waals surface area contributed by atoms with Gasteiger partial charge in [0.1, 0.15) is 0 Å². The van der Waals surface area contributed by atoms with Crippen LogP contribution in [0.1, 0.15) is 30.0 Å². The van der Waals surface area contributed by atoms with Crippen molar-refractivity contribution in [1.29, 1.82) is 0 Å². The number of aromatic nitrogens is 2. The Morgan fingerprint density at radius 3 is 1.74 bits per heavy atom. The average molecular weight is 506 g/mol. The van der Waals surface area contributed by atoms with E-state index in [-0.39, 0.29) is 6.04 Å². The highest BCUT2D eigenvalue weighted by atomic mass is 14.6. The third-order valence-electron chi connectivity index (χ3n) is 7.44. The van der Waals surface area contributed by atoms with Crippen LogP contribution < -0.4 is 5.73 Å². The fraction of sp³-hybridized carbons (Fsp3) is 0.111. The Hall–Kier alpha value is -4.60. The van der Waals surface area contributed by atoms with Gasteiger partial charge in [-0.1, -0.05) is 97.1 Å². The van der Waals surface area contributed by atoms with Crippen LogP contribution in [-0.4, -0.2) is 9.97 Å². The summed E-state index contributed by atoms with van der Waals surface area (Å²) in [6.45, 7) is 0. The highest BCUT2D eigenvalue weighted by molar-refractivity contribution is 6.08. The summed E-state index contributed by atoms with van der Waals surface area (Å²) in [6.07, 6.45) is 7.11. The number of nitrogens with two attached hydrogens (primary N) is 1. The van der Waals surface area contributed by atoms with Gasteiger partial charge in [0.15, 0.2) is 0 Å². The third-order valence-corrected chi connectivity index (χ3v) is 7.44.